The Morgan fingerprint density at radius 2 is 1.81 bits per heavy atom. The van der Waals surface area contributed by atoms with E-state index >= 15 is 0 Å². The first-order valence-electron chi connectivity index (χ1n) is 7.55. The lowest BCUT2D eigenvalue weighted by Gasteiger charge is -2.12. The fraction of sp³-hybridized carbons (Fsp3) is 0.368. The van der Waals surface area contributed by atoms with Gasteiger partial charge in [0, 0.05) is 17.8 Å². The van der Waals surface area contributed by atoms with Crippen molar-refractivity contribution < 1.29 is 4.79 Å². The molecule has 0 aliphatic heterocycles. The van der Waals surface area contributed by atoms with Gasteiger partial charge in [-0.3, -0.25) is 9.78 Å². The summed E-state index contributed by atoms with van der Waals surface area (Å²) in [5.41, 5.74) is 5.95. The van der Waals surface area contributed by atoms with E-state index < -0.39 is 0 Å². The average Bonchev–Trinajstić information content (AvgIpc) is 2.48. The minimum atomic E-state index is 0.140. The van der Waals surface area contributed by atoms with Crippen LogP contribution >= 0.6 is 0 Å². The molecule has 21 heavy (non-hydrogen) atoms. The summed E-state index contributed by atoms with van der Waals surface area (Å²) in [5, 5.41) is 0. The Labute approximate surface area is 127 Å². The summed E-state index contributed by atoms with van der Waals surface area (Å²) in [6.45, 7) is 7.90. The predicted octanol–water partition coefficient (Wildman–Crippen LogP) is 4.52. The van der Waals surface area contributed by atoms with Crippen molar-refractivity contribution in [2.45, 2.75) is 40.5 Å². The molecule has 0 saturated carbocycles. The summed E-state index contributed by atoms with van der Waals surface area (Å²) in [6, 6.07) is 10.6. The molecule has 2 nitrogen and oxygen atoms in total. The summed E-state index contributed by atoms with van der Waals surface area (Å²) in [6.07, 6.45) is 3.59. The van der Waals surface area contributed by atoms with Crippen LogP contribution in [0.5, 0.6) is 0 Å². The number of hydrogen-bond acceptors (Lipinski definition) is 2. The largest absolute Gasteiger partial charge is 0.300 e. The quantitative estimate of drug-likeness (QED) is 0.806. The molecule has 110 valence electrons. The number of hydrogen-bond donors (Lipinski definition) is 0. The number of Topliss-reactive ketones (excluding diaryl/α,β-unsaturated/α-hetero) is 1. The molecule has 0 amide bonds. The molecule has 0 radical (unpaired) electrons. The number of pyridine rings is 1. The third kappa shape index (κ3) is 3.57. The van der Waals surface area contributed by atoms with Crippen molar-refractivity contribution in [2.75, 3.05) is 0 Å². The van der Waals surface area contributed by atoms with E-state index in [0.29, 0.717) is 0 Å². The molecule has 1 atom stereocenters. The zero-order valence-electron chi connectivity index (χ0n) is 13.3. The molecule has 2 aromatic rings. The third-order valence-corrected chi connectivity index (χ3v) is 4.27. The topological polar surface area (TPSA) is 30.0 Å². The SMILES string of the molecule is CCC(Cc1ccc(-c2ccnc(C)c2C)cc1)C(C)=O. The second kappa shape index (κ2) is 6.66. The second-order valence-corrected chi connectivity index (χ2v) is 5.69. The van der Waals surface area contributed by atoms with Crippen molar-refractivity contribution in [1.82, 2.24) is 4.98 Å². The van der Waals surface area contributed by atoms with Crippen LogP contribution in [0.2, 0.25) is 0 Å². The summed E-state index contributed by atoms with van der Waals surface area (Å²) >= 11 is 0. The highest BCUT2D eigenvalue weighted by molar-refractivity contribution is 5.78. The van der Waals surface area contributed by atoms with Gasteiger partial charge in [0.2, 0.25) is 0 Å². The van der Waals surface area contributed by atoms with Crippen molar-refractivity contribution in [3.05, 3.63) is 53.3 Å². The lowest BCUT2D eigenvalue weighted by atomic mass is 9.92. The summed E-state index contributed by atoms with van der Waals surface area (Å²) in [5.74, 6) is 0.419. The lowest BCUT2D eigenvalue weighted by molar-refractivity contribution is -0.120. The Morgan fingerprint density at radius 3 is 2.38 bits per heavy atom. The smallest absolute Gasteiger partial charge is 0.133 e. The molecule has 1 unspecified atom stereocenters. The number of benzene rings is 1. The maximum Gasteiger partial charge on any atom is 0.133 e. The Kier molecular flexibility index (Phi) is 4.89. The predicted molar refractivity (Wildman–Crippen MR) is 87.3 cm³/mol. The molecule has 0 spiro atoms. The first kappa shape index (κ1) is 15.4. The normalized spacial score (nSPS) is 12.2. The van der Waals surface area contributed by atoms with Crippen LogP contribution in [0.3, 0.4) is 0 Å². The van der Waals surface area contributed by atoms with Crippen LogP contribution in [-0.4, -0.2) is 10.8 Å². The Hall–Kier alpha value is -1.96. The van der Waals surface area contributed by atoms with E-state index in [9.17, 15) is 4.79 Å². The number of aromatic nitrogens is 1. The molecule has 2 heteroatoms. The highest BCUT2D eigenvalue weighted by atomic mass is 16.1. The molecule has 2 rings (SSSR count). The first-order chi connectivity index (χ1) is 10.0. The third-order valence-electron chi connectivity index (χ3n) is 4.27. The number of rotatable bonds is 5. The number of nitrogens with zero attached hydrogens (tertiary/aromatic N) is 1. The molecule has 0 N–H and O–H groups in total. The van der Waals surface area contributed by atoms with Gasteiger partial charge in [0.25, 0.3) is 0 Å². The maximum absolute atomic E-state index is 11.5. The monoisotopic (exact) mass is 281 g/mol. The van der Waals surface area contributed by atoms with E-state index in [4.69, 9.17) is 0 Å². The van der Waals surface area contributed by atoms with Gasteiger partial charge < -0.3 is 0 Å². The van der Waals surface area contributed by atoms with Gasteiger partial charge in [0.15, 0.2) is 0 Å². The number of ketones is 1. The highest BCUT2D eigenvalue weighted by Gasteiger charge is 2.12. The number of carbonyl (C=O) groups excluding carboxylic acids is 1. The van der Waals surface area contributed by atoms with Crippen LogP contribution in [0, 0.1) is 19.8 Å². The number of carbonyl (C=O) groups is 1. The zero-order valence-corrected chi connectivity index (χ0v) is 13.3. The zero-order chi connectivity index (χ0) is 15.4. The van der Waals surface area contributed by atoms with Crippen LogP contribution in [-0.2, 0) is 11.2 Å². The Morgan fingerprint density at radius 1 is 1.14 bits per heavy atom. The lowest BCUT2D eigenvalue weighted by Crippen LogP contribution is -2.12. The van der Waals surface area contributed by atoms with Gasteiger partial charge in [-0.2, -0.15) is 0 Å². The standard InChI is InChI=1S/C19H23NO/c1-5-17(15(4)21)12-16-6-8-18(9-7-16)19-10-11-20-14(3)13(19)2/h6-11,17H,5,12H2,1-4H3. The van der Waals surface area contributed by atoms with Crippen LogP contribution in [0.25, 0.3) is 11.1 Å². The van der Waals surface area contributed by atoms with Crippen molar-refractivity contribution in [3.63, 3.8) is 0 Å². The van der Waals surface area contributed by atoms with Crippen molar-refractivity contribution in [2.24, 2.45) is 5.92 Å². The van der Waals surface area contributed by atoms with Crippen molar-refractivity contribution in [3.8, 4) is 11.1 Å². The highest BCUT2D eigenvalue weighted by Crippen LogP contribution is 2.25. The van der Waals surface area contributed by atoms with Gasteiger partial charge in [-0.25, -0.2) is 0 Å². The van der Waals surface area contributed by atoms with E-state index in [1.54, 1.807) is 6.92 Å². The average molecular weight is 281 g/mol. The molecule has 0 bridgehead atoms. The molecule has 0 aliphatic rings. The Bertz CT molecular complexity index is 629. The van der Waals surface area contributed by atoms with Gasteiger partial charge >= 0.3 is 0 Å². The minimum Gasteiger partial charge on any atom is -0.300 e. The van der Waals surface area contributed by atoms with Crippen LogP contribution in [0.1, 0.15) is 37.1 Å². The van der Waals surface area contributed by atoms with Gasteiger partial charge in [0.1, 0.15) is 5.78 Å². The van der Waals surface area contributed by atoms with Crippen molar-refractivity contribution >= 4 is 5.78 Å². The van der Waals surface area contributed by atoms with E-state index in [-0.39, 0.29) is 11.7 Å². The van der Waals surface area contributed by atoms with Gasteiger partial charge in [-0.15, -0.1) is 0 Å². The van der Waals surface area contributed by atoms with Gasteiger partial charge in [0.05, 0.1) is 0 Å². The van der Waals surface area contributed by atoms with E-state index in [2.05, 4.69) is 49.2 Å². The molecule has 0 saturated heterocycles. The van der Waals surface area contributed by atoms with E-state index in [1.165, 1.54) is 22.3 Å². The molecule has 0 aliphatic carbocycles. The summed E-state index contributed by atoms with van der Waals surface area (Å²) < 4.78 is 0. The van der Waals surface area contributed by atoms with E-state index in [0.717, 1.165) is 18.5 Å². The Balaban J connectivity index is 2.23. The molecule has 1 aromatic heterocycles. The molecule has 1 aromatic carbocycles. The van der Waals surface area contributed by atoms with Crippen LogP contribution in [0.4, 0.5) is 0 Å². The molecule has 0 fully saturated rings. The molecular weight excluding hydrogens is 258 g/mol. The summed E-state index contributed by atoms with van der Waals surface area (Å²) in [7, 11) is 0. The van der Waals surface area contributed by atoms with Crippen molar-refractivity contribution in [1.29, 1.82) is 0 Å². The summed E-state index contributed by atoms with van der Waals surface area (Å²) in [4.78, 5) is 15.9. The van der Waals surface area contributed by atoms with Crippen LogP contribution < -0.4 is 0 Å². The van der Waals surface area contributed by atoms with Crippen LogP contribution in [0.15, 0.2) is 36.5 Å². The molecule has 1 heterocycles. The fourth-order valence-corrected chi connectivity index (χ4v) is 2.63. The minimum absolute atomic E-state index is 0.140. The van der Waals surface area contributed by atoms with Gasteiger partial charge in [-0.1, -0.05) is 31.2 Å². The second-order valence-electron chi connectivity index (χ2n) is 5.69. The first-order valence-corrected chi connectivity index (χ1v) is 7.55. The number of aryl methyl sites for hydroxylation is 1. The maximum atomic E-state index is 11.5. The fourth-order valence-electron chi connectivity index (χ4n) is 2.63. The molecular formula is C19H23NO. The van der Waals surface area contributed by atoms with Gasteiger partial charge in [-0.05, 0) is 61.9 Å². The van der Waals surface area contributed by atoms with E-state index in [1.807, 2.05) is 13.1 Å².